The van der Waals surface area contributed by atoms with Crippen molar-refractivity contribution in [3.8, 4) is 0 Å². The average Bonchev–Trinajstić information content (AvgIpc) is 2.37. The van der Waals surface area contributed by atoms with Gasteiger partial charge in [0.15, 0.2) is 0 Å². The maximum atomic E-state index is 13.9. The third-order valence-electron chi connectivity index (χ3n) is 2.85. The molecule has 0 aliphatic carbocycles. The molecule has 0 fully saturated rings. The maximum absolute atomic E-state index is 13.9. The molecule has 1 atom stereocenters. The lowest BCUT2D eigenvalue weighted by molar-refractivity contribution is 0.574. The molecule has 0 aliphatic heterocycles. The second kappa shape index (κ2) is 5.99. The number of hydrogen-bond acceptors (Lipinski definition) is 1. The zero-order chi connectivity index (χ0) is 14.0. The molecule has 0 heterocycles. The zero-order valence-electron chi connectivity index (χ0n) is 10.1. The van der Waals surface area contributed by atoms with Crippen molar-refractivity contribution >= 4 is 27.5 Å². The fraction of sp³-hybridized carbons (Fsp3) is 0.143. The van der Waals surface area contributed by atoms with Gasteiger partial charge >= 0.3 is 0 Å². The topological polar surface area (TPSA) is 12.0 Å². The number of nitrogens with one attached hydrogen (secondary N) is 1. The highest BCUT2D eigenvalue weighted by molar-refractivity contribution is 9.10. The summed E-state index contributed by atoms with van der Waals surface area (Å²) in [6.07, 6.45) is 0. The molecular formula is C14H11BrClF2N. The molecule has 0 radical (unpaired) electrons. The fourth-order valence-corrected chi connectivity index (χ4v) is 2.62. The Hall–Kier alpha value is -0.970. The Morgan fingerprint density at radius 3 is 2.47 bits per heavy atom. The maximum Gasteiger partial charge on any atom is 0.137 e. The first-order chi connectivity index (χ1) is 9.04. The van der Waals surface area contributed by atoms with Crippen LogP contribution in [0, 0.1) is 11.6 Å². The normalized spacial score (nSPS) is 12.5. The number of hydrogen-bond donors (Lipinski definition) is 1. The van der Waals surface area contributed by atoms with Crippen molar-refractivity contribution in [1.82, 2.24) is 5.32 Å². The number of benzene rings is 2. The van der Waals surface area contributed by atoms with E-state index in [-0.39, 0.29) is 5.82 Å². The van der Waals surface area contributed by atoms with Gasteiger partial charge in [-0.15, -0.1) is 0 Å². The number of halogens is 4. The van der Waals surface area contributed by atoms with Gasteiger partial charge in [-0.3, -0.25) is 0 Å². The monoisotopic (exact) mass is 345 g/mol. The molecule has 0 saturated heterocycles. The van der Waals surface area contributed by atoms with Crippen LogP contribution in [0.1, 0.15) is 17.2 Å². The van der Waals surface area contributed by atoms with Gasteiger partial charge < -0.3 is 5.32 Å². The van der Waals surface area contributed by atoms with Gasteiger partial charge in [0.05, 0.1) is 10.5 Å². The minimum atomic E-state index is -0.439. The summed E-state index contributed by atoms with van der Waals surface area (Å²) >= 11 is 9.18. The molecule has 100 valence electrons. The molecule has 0 bridgehead atoms. The van der Waals surface area contributed by atoms with Crippen molar-refractivity contribution in [1.29, 1.82) is 0 Å². The van der Waals surface area contributed by atoms with Crippen LogP contribution in [0.5, 0.6) is 0 Å². The summed E-state index contributed by atoms with van der Waals surface area (Å²) in [5, 5.41) is 3.33. The third-order valence-corrected chi connectivity index (χ3v) is 3.79. The highest BCUT2D eigenvalue weighted by Crippen LogP contribution is 2.32. The Bertz CT molecular complexity index is 584. The average molecular weight is 347 g/mol. The lowest BCUT2D eigenvalue weighted by atomic mass is 9.98. The molecule has 2 aromatic rings. The molecule has 2 rings (SSSR count). The Balaban J connectivity index is 2.53. The van der Waals surface area contributed by atoms with Crippen molar-refractivity contribution in [2.45, 2.75) is 6.04 Å². The van der Waals surface area contributed by atoms with Crippen LogP contribution < -0.4 is 5.32 Å². The highest BCUT2D eigenvalue weighted by atomic mass is 79.9. The van der Waals surface area contributed by atoms with E-state index in [1.807, 2.05) is 0 Å². The predicted octanol–water partition coefficient (Wildman–Crippen LogP) is 4.69. The van der Waals surface area contributed by atoms with E-state index in [2.05, 4.69) is 21.2 Å². The molecule has 1 N–H and O–H groups in total. The van der Waals surface area contributed by atoms with E-state index in [1.165, 1.54) is 12.1 Å². The van der Waals surface area contributed by atoms with Gasteiger partial charge in [-0.05, 0) is 52.8 Å². The van der Waals surface area contributed by atoms with Crippen LogP contribution in [0.25, 0.3) is 0 Å². The lowest BCUT2D eigenvalue weighted by Crippen LogP contribution is -2.19. The van der Waals surface area contributed by atoms with E-state index >= 15 is 0 Å². The second-order valence-electron chi connectivity index (χ2n) is 4.03. The van der Waals surface area contributed by atoms with E-state index in [0.717, 1.165) is 5.56 Å². The summed E-state index contributed by atoms with van der Waals surface area (Å²) in [5.74, 6) is -0.759. The quantitative estimate of drug-likeness (QED) is 0.850. The van der Waals surface area contributed by atoms with Crippen LogP contribution >= 0.6 is 27.5 Å². The van der Waals surface area contributed by atoms with Gasteiger partial charge in [0, 0.05) is 10.6 Å². The predicted molar refractivity (Wildman–Crippen MR) is 76.4 cm³/mol. The zero-order valence-corrected chi connectivity index (χ0v) is 12.4. The second-order valence-corrected chi connectivity index (χ2v) is 5.29. The van der Waals surface area contributed by atoms with Crippen molar-refractivity contribution in [3.05, 3.63) is 68.7 Å². The third kappa shape index (κ3) is 2.96. The summed E-state index contributed by atoms with van der Waals surface area (Å²) in [6, 6.07) is 8.63. The SMILES string of the molecule is CNC(c1ccc(F)c(Br)c1)c1c(F)cccc1Cl. The summed E-state index contributed by atoms with van der Waals surface area (Å²) in [4.78, 5) is 0. The van der Waals surface area contributed by atoms with Gasteiger partial charge in [-0.2, -0.15) is 0 Å². The van der Waals surface area contributed by atoms with Gasteiger partial charge in [-0.25, -0.2) is 8.78 Å². The van der Waals surface area contributed by atoms with E-state index in [4.69, 9.17) is 11.6 Å². The minimum Gasteiger partial charge on any atom is -0.309 e. The van der Waals surface area contributed by atoms with Crippen molar-refractivity contribution in [2.75, 3.05) is 7.05 Å². The summed E-state index contributed by atoms with van der Waals surface area (Å²) in [5.41, 5.74) is 1.08. The highest BCUT2D eigenvalue weighted by Gasteiger charge is 2.20. The summed E-state index contributed by atoms with van der Waals surface area (Å²) < 4.78 is 27.5. The first kappa shape index (κ1) is 14.4. The van der Waals surface area contributed by atoms with Crippen LogP contribution in [0.2, 0.25) is 5.02 Å². The summed E-state index contributed by atoms with van der Waals surface area (Å²) in [7, 11) is 1.70. The van der Waals surface area contributed by atoms with Crippen LogP contribution in [-0.4, -0.2) is 7.05 Å². The van der Waals surface area contributed by atoms with Crippen LogP contribution in [0.3, 0.4) is 0 Å². The van der Waals surface area contributed by atoms with Crippen LogP contribution in [0.4, 0.5) is 8.78 Å². The lowest BCUT2D eigenvalue weighted by Gasteiger charge is -2.19. The standard InChI is InChI=1S/C14H11BrClF2N/c1-19-14(8-5-6-11(17)9(15)7-8)13-10(16)3-2-4-12(13)18/h2-7,14,19H,1H3. The smallest absolute Gasteiger partial charge is 0.137 e. The van der Waals surface area contributed by atoms with Gasteiger partial charge in [-0.1, -0.05) is 23.7 Å². The largest absolute Gasteiger partial charge is 0.309 e. The van der Waals surface area contributed by atoms with E-state index in [1.54, 1.807) is 31.3 Å². The molecule has 0 saturated carbocycles. The molecule has 0 spiro atoms. The molecule has 0 amide bonds. The molecule has 0 aliphatic rings. The molecule has 2 aromatic carbocycles. The van der Waals surface area contributed by atoms with E-state index < -0.39 is 11.9 Å². The van der Waals surface area contributed by atoms with Gasteiger partial charge in [0.25, 0.3) is 0 Å². The molecule has 19 heavy (non-hydrogen) atoms. The van der Waals surface area contributed by atoms with Gasteiger partial charge in [0.1, 0.15) is 11.6 Å². The summed E-state index contributed by atoms with van der Waals surface area (Å²) in [6.45, 7) is 0. The Morgan fingerprint density at radius 1 is 1.16 bits per heavy atom. The fourth-order valence-electron chi connectivity index (χ4n) is 1.96. The number of rotatable bonds is 3. The van der Waals surface area contributed by atoms with Crippen molar-refractivity contribution in [3.63, 3.8) is 0 Å². The van der Waals surface area contributed by atoms with E-state index in [0.29, 0.717) is 15.1 Å². The van der Waals surface area contributed by atoms with Crippen molar-refractivity contribution < 1.29 is 8.78 Å². The molecule has 1 nitrogen and oxygen atoms in total. The molecule has 1 unspecified atom stereocenters. The van der Waals surface area contributed by atoms with Crippen LogP contribution in [0.15, 0.2) is 40.9 Å². The first-order valence-corrected chi connectivity index (χ1v) is 6.77. The van der Waals surface area contributed by atoms with Crippen LogP contribution in [-0.2, 0) is 0 Å². The van der Waals surface area contributed by atoms with Gasteiger partial charge in [0.2, 0.25) is 0 Å². The molecule has 0 aromatic heterocycles. The van der Waals surface area contributed by atoms with E-state index in [9.17, 15) is 8.78 Å². The van der Waals surface area contributed by atoms with Crippen molar-refractivity contribution in [2.24, 2.45) is 0 Å². The Kier molecular flexibility index (Phi) is 4.55. The minimum absolute atomic E-state index is 0.331. The first-order valence-electron chi connectivity index (χ1n) is 5.60. The molecule has 5 heteroatoms. The molecular weight excluding hydrogens is 336 g/mol. The Labute approximate surface area is 123 Å². The Morgan fingerprint density at radius 2 is 1.89 bits per heavy atom.